The molecule has 1 unspecified atom stereocenters. The summed E-state index contributed by atoms with van der Waals surface area (Å²) in [5.41, 5.74) is 1.69. The van der Waals surface area contributed by atoms with Crippen molar-refractivity contribution in [2.45, 2.75) is 45.1 Å². The van der Waals surface area contributed by atoms with Gasteiger partial charge >= 0.3 is 0 Å². The van der Waals surface area contributed by atoms with Crippen LogP contribution in [0, 0.1) is 0 Å². The number of benzene rings is 1. The number of aromatic nitrogens is 1. The SMILES string of the molecule is CCC1CCCCN1C(=O)c1cccc(C(=O)NCCc2cccc(OC)c2)n1. The minimum Gasteiger partial charge on any atom is -0.497 e. The largest absolute Gasteiger partial charge is 0.497 e. The quantitative estimate of drug-likeness (QED) is 0.779. The Hall–Kier alpha value is -2.89. The van der Waals surface area contributed by atoms with Crippen molar-refractivity contribution in [2.75, 3.05) is 20.2 Å². The zero-order valence-electron chi connectivity index (χ0n) is 17.2. The van der Waals surface area contributed by atoms with E-state index in [0.29, 0.717) is 18.7 Å². The fourth-order valence-electron chi connectivity index (χ4n) is 3.76. The molecule has 1 aliphatic heterocycles. The lowest BCUT2D eigenvalue weighted by atomic mass is 9.99. The fraction of sp³-hybridized carbons (Fsp3) is 0.435. The highest BCUT2D eigenvalue weighted by molar-refractivity contribution is 5.96. The third-order valence-corrected chi connectivity index (χ3v) is 5.39. The molecule has 6 nitrogen and oxygen atoms in total. The van der Waals surface area contributed by atoms with Crippen LogP contribution >= 0.6 is 0 Å². The molecule has 3 rings (SSSR count). The summed E-state index contributed by atoms with van der Waals surface area (Å²) in [6.07, 6.45) is 4.84. The average Bonchev–Trinajstić information content (AvgIpc) is 2.78. The number of pyridine rings is 1. The molecule has 1 aromatic carbocycles. The molecule has 0 spiro atoms. The van der Waals surface area contributed by atoms with Crippen LogP contribution in [0.3, 0.4) is 0 Å². The normalized spacial score (nSPS) is 16.3. The summed E-state index contributed by atoms with van der Waals surface area (Å²) in [6.45, 7) is 3.35. The number of carbonyl (C=O) groups is 2. The second kappa shape index (κ2) is 10.0. The van der Waals surface area contributed by atoms with Crippen LogP contribution in [-0.4, -0.2) is 47.9 Å². The molecule has 1 atom stereocenters. The molecular formula is C23H29N3O3. The van der Waals surface area contributed by atoms with E-state index in [1.807, 2.05) is 29.2 Å². The van der Waals surface area contributed by atoms with E-state index in [4.69, 9.17) is 4.74 Å². The Balaban J connectivity index is 1.60. The van der Waals surface area contributed by atoms with Gasteiger partial charge in [0, 0.05) is 19.1 Å². The van der Waals surface area contributed by atoms with Gasteiger partial charge in [-0.15, -0.1) is 0 Å². The minimum atomic E-state index is -0.270. The van der Waals surface area contributed by atoms with Crippen molar-refractivity contribution in [3.8, 4) is 5.75 Å². The van der Waals surface area contributed by atoms with Gasteiger partial charge in [-0.25, -0.2) is 4.98 Å². The summed E-state index contributed by atoms with van der Waals surface area (Å²) < 4.78 is 5.22. The predicted molar refractivity (Wildman–Crippen MR) is 112 cm³/mol. The first kappa shape index (κ1) is 20.8. The van der Waals surface area contributed by atoms with Gasteiger partial charge in [0.25, 0.3) is 11.8 Å². The van der Waals surface area contributed by atoms with Gasteiger partial charge in [-0.2, -0.15) is 0 Å². The number of hydrogen-bond donors (Lipinski definition) is 1. The molecule has 1 N–H and O–H groups in total. The maximum atomic E-state index is 12.9. The summed E-state index contributed by atoms with van der Waals surface area (Å²) in [7, 11) is 1.63. The molecule has 0 bridgehead atoms. The number of likely N-dealkylation sites (tertiary alicyclic amines) is 1. The molecule has 1 saturated heterocycles. The van der Waals surface area contributed by atoms with Gasteiger partial charge in [0.05, 0.1) is 7.11 Å². The summed E-state index contributed by atoms with van der Waals surface area (Å²) in [5, 5.41) is 2.88. The lowest BCUT2D eigenvalue weighted by Crippen LogP contribution is -2.43. The van der Waals surface area contributed by atoms with Crippen molar-refractivity contribution in [3.63, 3.8) is 0 Å². The highest BCUT2D eigenvalue weighted by Gasteiger charge is 2.27. The topological polar surface area (TPSA) is 71.5 Å². The van der Waals surface area contributed by atoms with Gasteiger partial charge in [-0.3, -0.25) is 9.59 Å². The van der Waals surface area contributed by atoms with Crippen molar-refractivity contribution in [1.82, 2.24) is 15.2 Å². The first-order valence-corrected chi connectivity index (χ1v) is 10.3. The lowest BCUT2D eigenvalue weighted by Gasteiger charge is -2.35. The summed E-state index contributed by atoms with van der Waals surface area (Å²) in [4.78, 5) is 31.7. The van der Waals surface area contributed by atoms with Gasteiger partial charge in [0.1, 0.15) is 17.1 Å². The Kier molecular flexibility index (Phi) is 7.22. The third kappa shape index (κ3) is 5.34. The zero-order chi connectivity index (χ0) is 20.6. The van der Waals surface area contributed by atoms with Gasteiger partial charge in [-0.1, -0.05) is 25.1 Å². The van der Waals surface area contributed by atoms with E-state index in [-0.39, 0.29) is 23.6 Å². The number of nitrogens with zero attached hydrogens (tertiary/aromatic N) is 2. The van der Waals surface area contributed by atoms with E-state index < -0.39 is 0 Å². The van der Waals surface area contributed by atoms with Crippen molar-refractivity contribution in [2.24, 2.45) is 0 Å². The molecule has 154 valence electrons. The molecule has 1 aromatic heterocycles. The van der Waals surface area contributed by atoms with E-state index in [0.717, 1.165) is 43.5 Å². The van der Waals surface area contributed by atoms with Crippen LogP contribution in [-0.2, 0) is 6.42 Å². The van der Waals surface area contributed by atoms with E-state index >= 15 is 0 Å². The zero-order valence-corrected chi connectivity index (χ0v) is 17.2. The summed E-state index contributed by atoms with van der Waals surface area (Å²) in [6, 6.07) is 13.1. The highest BCUT2D eigenvalue weighted by atomic mass is 16.5. The molecule has 2 aromatic rings. The van der Waals surface area contributed by atoms with Gasteiger partial charge in [-0.05, 0) is 61.9 Å². The monoisotopic (exact) mass is 395 g/mol. The molecule has 2 amide bonds. The third-order valence-electron chi connectivity index (χ3n) is 5.39. The molecule has 1 fully saturated rings. The Labute approximate surface area is 172 Å². The lowest BCUT2D eigenvalue weighted by molar-refractivity contribution is 0.0602. The predicted octanol–water partition coefficient (Wildman–Crippen LogP) is 3.47. The number of piperidine rings is 1. The van der Waals surface area contributed by atoms with E-state index in [1.165, 1.54) is 0 Å². The van der Waals surface area contributed by atoms with Gasteiger partial charge < -0.3 is 15.0 Å². The van der Waals surface area contributed by atoms with Crippen LogP contribution in [0.1, 0.15) is 59.1 Å². The molecule has 0 radical (unpaired) electrons. The van der Waals surface area contributed by atoms with Crippen LogP contribution in [0.5, 0.6) is 5.75 Å². The second-order valence-electron chi connectivity index (χ2n) is 7.32. The summed E-state index contributed by atoms with van der Waals surface area (Å²) >= 11 is 0. The Morgan fingerprint density at radius 2 is 1.97 bits per heavy atom. The van der Waals surface area contributed by atoms with E-state index in [2.05, 4.69) is 17.2 Å². The van der Waals surface area contributed by atoms with Crippen LogP contribution in [0.2, 0.25) is 0 Å². The molecule has 0 aliphatic carbocycles. The Morgan fingerprint density at radius 3 is 2.76 bits per heavy atom. The van der Waals surface area contributed by atoms with Crippen LogP contribution in [0.4, 0.5) is 0 Å². The van der Waals surface area contributed by atoms with Crippen LogP contribution in [0.25, 0.3) is 0 Å². The van der Waals surface area contributed by atoms with Crippen molar-refractivity contribution in [3.05, 3.63) is 59.4 Å². The first-order valence-electron chi connectivity index (χ1n) is 10.3. The van der Waals surface area contributed by atoms with Crippen molar-refractivity contribution in [1.29, 1.82) is 0 Å². The molecular weight excluding hydrogens is 366 g/mol. The second-order valence-corrected chi connectivity index (χ2v) is 7.32. The maximum absolute atomic E-state index is 12.9. The van der Waals surface area contributed by atoms with Gasteiger partial charge in [0.2, 0.25) is 0 Å². The number of rotatable bonds is 7. The number of hydrogen-bond acceptors (Lipinski definition) is 4. The first-order chi connectivity index (χ1) is 14.1. The molecule has 1 aliphatic rings. The smallest absolute Gasteiger partial charge is 0.272 e. The fourth-order valence-corrected chi connectivity index (χ4v) is 3.76. The number of carbonyl (C=O) groups excluding carboxylic acids is 2. The summed E-state index contributed by atoms with van der Waals surface area (Å²) in [5.74, 6) is 0.445. The van der Waals surface area contributed by atoms with Gasteiger partial charge in [0.15, 0.2) is 0 Å². The van der Waals surface area contributed by atoms with E-state index in [9.17, 15) is 9.59 Å². The number of amides is 2. The number of ether oxygens (including phenoxy) is 1. The van der Waals surface area contributed by atoms with Crippen LogP contribution in [0.15, 0.2) is 42.5 Å². The van der Waals surface area contributed by atoms with E-state index in [1.54, 1.807) is 25.3 Å². The number of methoxy groups -OCH3 is 1. The Bertz CT molecular complexity index is 853. The maximum Gasteiger partial charge on any atom is 0.272 e. The molecule has 29 heavy (non-hydrogen) atoms. The molecule has 6 heteroatoms. The number of nitrogens with one attached hydrogen (secondary N) is 1. The molecule has 0 saturated carbocycles. The standard InChI is InChI=1S/C23H29N3O3/c1-3-18-9-4-5-15-26(18)23(28)21-12-7-11-20(25-21)22(27)24-14-13-17-8-6-10-19(16-17)29-2/h6-8,10-12,16,18H,3-5,9,13-15H2,1-2H3,(H,24,27). The average molecular weight is 396 g/mol. The highest BCUT2D eigenvalue weighted by Crippen LogP contribution is 2.21. The molecule has 2 heterocycles. The van der Waals surface area contributed by atoms with Crippen LogP contribution < -0.4 is 10.1 Å². The van der Waals surface area contributed by atoms with Crippen molar-refractivity contribution < 1.29 is 14.3 Å². The Morgan fingerprint density at radius 1 is 1.17 bits per heavy atom. The minimum absolute atomic E-state index is 0.0809. The van der Waals surface area contributed by atoms with Crippen molar-refractivity contribution >= 4 is 11.8 Å².